The molecule has 0 unspecified atom stereocenters. The molecule has 0 saturated heterocycles. The number of rotatable bonds is 10. The second-order valence-electron chi connectivity index (χ2n) is 6.44. The molecule has 0 radical (unpaired) electrons. The summed E-state index contributed by atoms with van der Waals surface area (Å²) in [5.41, 5.74) is 4.98. The Bertz CT molecular complexity index is 1070. The summed E-state index contributed by atoms with van der Waals surface area (Å²) in [6.07, 6.45) is 3.27. The highest BCUT2D eigenvalue weighted by Gasteiger charge is 2.13. The van der Waals surface area contributed by atoms with Gasteiger partial charge in [0.25, 0.3) is 5.91 Å². The Morgan fingerprint density at radius 1 is 1.26 bits per heavy atom. The number of aryl methyl sites for hydroxylation is 1. The standard InChI is InChI=1S/C21H22ClN7OS/c1-3-11-29-19(13-23-17-9-7-16(22)8-10-17)26-28-21(29)31-14-20(30)27-24-12-18-6-4-5-15(2)25-18/h3-10,12,23H,1,11,13-14H2,2H3,(H,27,30)/b24-12+. The van der Waals surface area contributed by atoms with Crippen molar-refractivity contribution in [1.29, 1.82) is 0 Å². The molecule has 0 saturated carbocycles. The van der Waals surface area contributed by atoms with Crippen LogP contribution >= 0.6 is 23.4 Å². The molecule has 1 aromatic carbocycles. The monoisotopic (exact) mass is 455 g/mol. The molecule has 0 aliphatic carbocycles. The van der Waals surface area contributed by atoms with Crippen molar-refractivity contribution < 1.29 is 4.79 Å². The molecule has 1 amide bonds. The normalized spacial score (nSPS) is 10.9. The third kappa shape index (κ3) is 6.94. The molecule has 2 N–H and O–H groups in total. The van der Waals surface area contributed by atoms with Gasteiger partial charge in [-0.05, 0) is 43.3 Å². The number of aromatic nitrogens is 4. The molecule has 3 aromatic rings. The summed E-state index contributed by atoms with van der Waals surface area (Å²) in [5, 5.41) is 17.0. The van der Waals surface area contributed by atoms with E-state index in [-0.39, 0.29) is 11.7 Å². The highest BCUT2D eigenvalue weighted by Crippen LogP contribution is 2.19. The number of hydrogen-bond acceptors (Lipinski definition) is 7. The molecule has 160 valence electrons. The molecule has 0 aliphatic heterocycles. The van der Waals surface area contributed by atoms with Gasteiger partial charge in [-0.15, -0.1) is 16.8 Å². The number of carbonyl (C=O) groups excluding carboxylic acids is 1. The summed E-state index contributed by atoms with van der Waals surface area (Å²) >= 11 is 7.20. The van der Waals surface area contributed by atoms with Crippen molar-refractivity contribution in [3.05, 3.63) is 77.4 Å². The van der Waals surface area contributed by atoms with Crippen molar-refractivity contribution in [2.45, 2.75) is 25.2 Å². The van der Waals surface area contributed by atoms with Crippen LogP contribution in [0.3, 0.4) is 0 Å². The minimum Gasteiger partial charge on any atom is -0.378 e. The van der Waals surface area contributed by atoms with Gasteiger partial charge in [0.1, 0.15) is 0 Å². The first-order valence-electron chi connectivity index (χ1n) is 9.46. The van der Waals surface area contributed by atoms with Gasteiger partial charge >= 0.3 is 0 Å². The average molecular weight is 456 g/mol. The van der Waals surface area contributed by atoms with Crippen molar-refractivity contribution in [3.8, 4) is 0 Å². The van der Waals surface area contributed by atoms with Crippen molar-refractivity contribution in [1.82, 2.24) is 25.2 Å². The number of allylic oxidation sites excluding steroid dienone is 1. The molecule has 3 rings (SSSR count). The molecule has 0 spiro atoms. The lowest BCUT2D eigenvalue weighted by atomic mass is 10.3. The molecular weight excluding hydrogens is 434 g/mol. The third-order valence-electron chi connectivity index (χ3n) is 4.03. The zero-order valence-electron chi connectivity index (χ0n) is 17.0. The third-order valence-corrected chi connectivity index (χ3v) is 5.25. The Balaban J connectivity index is 1.54. The fraction of sp³-hybridized carbons (Fsp3) is 0.190. The van der Waals surface area contributed by atoms with Crippen LogP contribution in [0.5, 0.6) is 0 Å². The first-order chi connectivity index (χ1) is 15.0. The number of carbonyl (C=O) groups is 1. The Hall–Kier alpha value is -3.17. The topological polar surface area (TPSA) is 97.1 Å². The number of nitrogens with one attached hydrogen (secondary N) is 2. The van der Waals surface area contributed by atoms with Crippen LogP contribution in [0.2, 0.25) is 5.02 Å². The molecule has 0 aliphatic rings. The number of hydrogen-bond donors (Lipinski definition) is 2. The minimum absolute atomic E-state index is 0.151. The second kappa shape index (κ2) is 11.3. The molecule has 2 aromatic heterocycles. The minimum atomic E-state index is -0.247. The zero-order valence-corrected chi connectivity index (χ0v) is 18.5. The molecule has 0 atom stereocenters. The van der Waals surface area contributed by atoms with E-state index in [1.807, 2.05) is 54.0 Å². The van der Waals surface area contributed by atoms with Crippen LogP contribution in [-0.4, -0.2) is 37.6 Å². The number of hydrazone groups is 1. The SMILES string of the molecule is C=CCn1c(CNc2ccc(Cl)cc2)nnc1SCC(=O)N/N=C/c1cccc(C)n1. The van der Waals surface area contributed by atoms with Crippen LogP contribution in [0.25, 0.3) is 0 Å². The van der Waals surface area contributed by atoms with E-state index in [1.54, 1.807) is 6.08 Å². The van der Waals surface area contributed by atoms with Gasteiger partial charge in [0, 0.05) is 22.9 Å². The number of pyridine rings is 1. The van der Waals surface area contributed by atoms with Gasteiger partial charge in [-0.3, -0.25) is 9.78 Å². The first kappa shape index (κ1) is 22.5. The second-order valence-corrected chi connectivity index (χ2v) is 7.82. The van der Waals surface area contributed by atoms with E-state index < -0.39 is 0 Å². The van der Waals surface area contributed by atoms with Crippen molar-refractivity contribution in [2.75, 3.05) is 11.1 Å². The van der Waals surface area contributed by atoms with E-state index in [0.29, 0.717) is 29.0 Å². The predicted octanol–water partition coefficient (Wildman–Crippen LogP) is 3.68. The number of anilines is 1. The van der Waals surface area contributed by atoms with Crippen LogP contribution in [0.15, 0.2) is 65.4 Å². The summed E-state index contributed by atoms with van der Waals surface area (Å²) in [5.74, 6) is 0.641. The van der Waals surface area contributed by atoms with Crippen LogP contribution < -0.4 is 10.7 Å². The Kier molecular flexibility index (Phi) is 8.19. The first-order valence-corrected chi connectivity index (χ1v) is 10.8. The zero-order chi connectivity index (χ0) is 22.1. The Morgan fingerprint density at radius 3 is 2.81 bits per heavy atom. The lowest BCUT2D eigenvalue weighted by Crippen LogP contribution is -2.20. The van der Waals surface area contributed by atoms with Gasteiger partial charge in [-0.25, -0.2) is 5.43 Å². The van der Waals surface area contributed by atoms with Gasteiger partial charge in [-0.2, -0.15) is 5.10 Å². The van der Waals surface area contributed by atoms with Crippen molar-refractivity contribution in [2.24, 2.45) is 5.10 Å². The molecule has 0 fully saturated rings. The Morgan fingerprint density at radius 2 is 2.06 bits per heavy atom. The molecule has 31 heavy (non-hydrogen) atoms. The summed E-state index contributed by atoms with van der Waals surface area (Å²) < 4.78 is 1.91. The van der Waals surface area contributed by atoms with Crippen LogP contribution in [0.4, 0.5) is 5.69 Å². The summed E-state index contributed by atoms with van der Waals surface area (Å²) in [7, 11) is 0. The lowest BCUT2D eigenvalue weighted by Gasteiger charge is -2.09. The summed E-state index contributed by atoms with van der Waals surface area (Å²) in [6.45, 7) is 6.69. The number of amides is 1. The number of halogens is 1. The van der Waals surface area contributed by atoms with E-state index in [4.69, 9.17) is 11.6 Å². The average Bonchev–Trinajstić information content (AvgIpc) is 3.14. The number of benzene rings is 1. The van der Waals surface area contributed by atoms with E-state index in [0.717, 1.165) is 17.2 Å². The maximum absolute atomic E-state index is 12.1. The summed E-state index contributed by atoms with van der Waals surface area (Å²) in [6, 6.07) is 13.0. The van der Waals surface area contributed by atoms with E-state index in [2.05, 4.69) is 37.6 Å². The molecule has 2 heterocycles. The van der Waals surface area contributed by atoms with Crippen LogP contribution in [-0.2, 0) is 17.9 Å². The highest BCUT2D eigenvalue weighted by atomic mass is 35.5. The lowest BCUT2D eigenvalue weighted by molar-refractivity contribution is -0.118. The highest BCUT2D eigenvalue weighted by molar-refractivity contribution is 7.99. The molecule has 8 nitrogen and oxygen atoms in total. The van der Waals surface area contributed by atoms with Gasteiger partial charge in [0.15, 0.2) is 11.0 Å². The molecule has 10 heteroatoms. The number of thioether (sulfide) groups is 1. The molecular formula is C21H22ClN7OS. The quantitative estimate of drug-likeness (QED) is 0.209. The van der Waals surface area contributed by atoms with Gasteiger partial charge in [0.2, 0.25) is 0 Å². The molecule has 0 bridgehead atoms. The van der Waals surface area contributed by atoms with Crippen LogP contribution in [0, 0.1) is 6.92 Å². The van der Waals surface area contributed by atoms with Gasteiger partial charge < -0.3 is 9.88 Å². The smallest absolute Gasteiger partial charge is 0.250 e. The fourth-order valence-corrected chi connectivity index (χ4v) is 3.47. The summed E-state index contributed by atoms with van der Waals surface area (Å²) in [4.78, 5) is 16.4. The van der Waals surface area contributed by atoms with Crippen molar-refractivity contribution >= 4 is 41.2 Å². The maximum Gasteiger partial charge on any atom is 0.250 e. The Labute approximate surface area is 189 Å². The predicted molar refractivity (Wildman–Crippen MR) is 124 cm³/mol. The van der Waals surface area contributed by atoms with Crippen molar-refractivity contribution in [3.63, 3.8) is 0 Å². The van der Waals surface area contributed by atoms with Gasteiger partial charge in [0.05, 0.1) is 24.2 Å². The van der Waals surface area contributed by atoms with E-state index >= 15 is 0 Å². The number of nitrogens with zero attached hydrogens (tertiary/aromatic N) is 5. The fourth-order valence-electron chi connectivity index (χ4n) is 2.59. The van der Waals surface area contributed by atoms with E-state index in [9.17, 15) is 4.79 Å². The largest absolute Gasteiger partial charge is 0.378 e. The van der Waals surface area contributed by atoms with E-state index in [1.165, 1.54) is 18.0 Å². The van der Waals surface area contributed by atoms with Gasteiger partial charge in [-0.1, -0.05) is 35.5 Å². The maximum atomic E-state index is 12.1. The van der Waals surface area contributed by atoms with Crippen LogP contribution in [0.1, 0.15) is 17.2 Å².